The van der Waals surface area contributed by atoms with Crippen LogP contribution in [0.25, 0.3) is 0 Å². The van der Waals surface area contributed by atoms with Gasteiger partial charge >= 0.3 is 0 Å². The molecule has 0 aliphatic heterocycles. The van der Waals surface area contributed by atoms with Crippen LogP contribution in [0.4, 0.5) is 0 Å². The summed E-state index contributed by atoms with van der Waals surface area (Å²) in [7, 11) is 0. The fourth-order valence-corrected chi connectivity index (χ4v) is 2.37. The zero-order valence-corrected chi connectivity index (χ0v) is 8.03. The maximum Gasteiger partial charge on any atom is 0.235 e. The highest BCUT2D eigenvalue weighted by atomic mass is 32.2. The molecular formula is C7H10N2OS2. The fourth-order valence-electron chi connectivity index (χ4n) is 0.600. The zero-order chi connectivity index (χ0) is 8.97. The first kappa shape index (κ1) is 9.57. The number of primary amides is 1. The highest BCUT2D eigenvalue weighted by Gasteiger charge is 2.09. The maximum atomic E-state index is 10.5. The van der Waals surface area contributed by atoms with Crippen molar-refractivity contribution in [2.24, 2.45) is 11.5 Å². The van der Waals surface area contributed by atoms with E-state index in [1.165, 1.54) is 0 Å². The van der Waals surface area contributed by atoms with Gasteiger partial charge in [0.25, 0.3) is 0 Å². The molecule has 0 aliphatic rings. The summed E-state index contributed by atoms with van der Waals surface area (Å²) in [6.45, 7) is 0. The van der Waals surface area contributed by atoms with Gasteiger partial charge < -0.3 is 11.5 Å². The van der Waals surface area contributed by atoms with E-state index >= 15 is 0 Å². The molecule has 0 aliphatic carbocycles. The van der Waals surface area contributed by atoms with Crippen LogP contribution in [0.3, 0.4) is 0 Å². The third-order valence-electron chi connectivity index (χ3n) is 1.27. The summed E-state index contributed by atoms with van der Waals surface area (Å²) < 4.78 is 1.16. The monoisotopic (exact) mass is 202 g/mol. The summed E-state index contributed by atoms with van der Waals surface area (Å²) in [5, 5.41) is 1.98. The van der Waals surface area contributed by atoms with Crippen LogP contribution >= 0.6 is 23.1 Å². The topological polar surface area (TPSA) is 69.1 Å². The number of hydrogen-bond donors (Lipinski definition) is 2. The van der Waals surface area contributed by atoms with Gasteiger partial charge in [-0.05, 0) is 11.4 Å². The average molecular weight is 202 g/mol. The molecule has 4 N–H and O–H groups in total. The fraction of sp³-hybridized carbons (Fsp3) is 0.286. The van der Waals surface area contributed by atoms with Gasteiger partial charge in [0, 0.05) is 5.75 Å². The first-order chi connectivity index (χ1) is 5.70. The van der Waals surface area contributed by atoms with E-state index in [4.69, 9.17) is 11.5 Å². The van der Waals surface area contributed by atoms with Gasteiger partial charge in [0.2, 0.25) is 5.91 Å². The molecule has 1 aromatic rings. The first-order valence-corrected chi connectivity index (χ1v) is 5.28. The minimum absolute atomic E-state index is 0.445. The van der Waals surface area contributed by atoms with Gasteiger partial charge in [-0.2, -0.15) is 0 Å². The molecule has 5 heteroatoms. The second kappa shape index (κ2) is 4.49. The van der Waals surface area contributed by atoms with Crippen LogP contribution in [0, 0.1) is 0 Å². The lowest BCUT2D eigenvalue weighted by Gasteiger charge is -2.04. The van der Waals surface area contributed by atoms with Crippen molar-refractivity contribution < 1.29 is 4.79 Å². The van der Waals surface area contributed by atoms with Gasteiger partial charge in [0.05, 0.1) is 10.3 Å². The van der Waals surface area contributed by atoms with Gasteiger partial charge in [0.15, 0.2) is 0 Å². The van der Waals surface area contributed by atoms with Crippen molar-refractivity contribution in [3.63, 3.8) is 0 Å². The number of thioether (sulfide) groups is 1. The van der Waals surface area contributed by atoms with Gasteiger partial charge in [-0.1, -0.05) is 6.07 Å². The van der Waals surface area contributed by atoms with Crippen LogP contribution < -0.4 is 11.5 Å². The number of thiophene rings is 1. The summed E-state index contributed by atoms with van der Waals surface area (Å²) in [5.41, 5.74) is 10.4. The molecule has 1 heterocycles. The van der Waals surface area contributed by atoms with Crippen LogP contribution in [0.15, 0.2) is 21.7 Å². The predicted molar refractivity (Wildman–Crippen MR) is 52.2 cm³/mol. The van der Waals surface area contributed by atoms with E-state index in [1.54, 1.807) is 23.1 Å². The van der Waals surface area contributed by atoms with Crippen LogP contribution in [0.2, 0.25) is 0 Å². The van der Waals surface area contributed by atoms with E-state index in [0.717, 1.165) is 4.21 Å². The van der Waals surface area contributed by atoms with Crippen molar-refractivity contribution in [2.75, 3.05) is 5.75 Å². The van der Waals surface area contributed by atoms with Crippen LogP contribution in [-0.2, 0) is 4.79 Å². The minimum atomic E-state index is -0.544. The van der Waals surface area contributed by atoms with Crippen molar-refractivity contribution in [1.29, 1.82) is 0 Å². The summed E-state index contributed by atoms with van der Waals surface area (Å²) in [4.78, 5) is 10.5. The lowest BCUT2D eigenvalue weighted by Crippen LogP contribution is -2.38. The largest absolute Gasteiger partial charge is 0.368 e. The Balaban J connectivity index is 2.31. The van der Waals surface area contributed by atoms with Crippen LogP contribution in [0.5, 0.6) is 0 Å². The molecule has 3 nitrogen and oxygen atoms in total. The third-order valence-corrected chi connectivity index (χ3v) is 3.52. The molecule has 0 spiro atoms. The Kier molecular flexibility index (Phi) is 3.58. The standard InChI is InChI=1S/C7H10N2OS2/c8-5(7(9)10)4-12-6-2-1-3-11-6/h1-3,5H,4,8H2,(H2,9,10). The molecule has 0 aromatic carbocycles. The molecule has 12 heavy (non-hydrogen) atoms. The van der Waals surface area contributed by atoms with Crippen molar-refractivity contribution in [1.82, 2.24) is 0 Å². The molecule has 1 aromatic heterocycles. The molecule has 1 unspecified atom stereocenters. The molecule has 0 saturated heterocycles. The summed E-state index contributed by atoms with van der Waals surface area (Å²) in [6.07, 6.45) is 0. The van der Waals surface area contributed by atoms with Crippen molar-refractivity contribution in [3.05, 3.63) is 17.5 Å². The highest BCUT2D eigenvalue weighted by molar-refractivity contribution is 8.01. The van der Waals surface area contributed by atoms with E-state index in [9.17, 15) is 4.79 Å². The van der Waals surface area contributed by atoms with Gasteiger partial charge in [0.1, 0.15) is 0 Å². The van der Waals surface area contributed by atoms with Crippen molar-refractivity contribution in [2.45, 2.75) is 10.3 Å². The molecule has 66 valence electrons. The number of nitrogens with two attached hydrogens (primary N) is 2. The first-order valence-electron chi connectivity index (χ1n) is 3.41. The molecule has 0 radical (unpaired) electrons. The van der Waals surface area contributed by atoms with Gasteiger partial charge in [-0.15, -0.1) is 23.1 Å². The molecule has 0 saturated carbocycles. The molecule has 0 fully saturated rings. The maximum absolute atomic E-state index is 10.5. The lowest BCUT2D eigenvalue weighted by molar-refractivity contribution is -0.118. The zero-order valence-electron chi connectivity index (χ0n) is 6.40. The summed E-state index contributed by atoms with van der Waals surface area (Å²) in [6, 6.07) is 3.41. The normalized spacial score (nSPS) is 12.8. The second-order valence-electron chi connectivity index (χ2n) is 2.25. The van der Waals surface area contributed by atoms with E-state index in [2.05, 4.69) is 0 Å². The van der Waals surface area contributed by atoms with E-state index < -0.39 is 11.9 Å². The van der Waals surface area contributed by atoms with Crippen molar-refractivity contribution in [3.8, 4) is 0 Å². The van der Waals surface area contributed by atoms with E-state index in [-0.39, 0.29) is 0 Å². The molecular weight excluding hydrogens is 192 g/mol. The minimum Gasteiger partial charge on any atom is -0.368 e. The number of rotatable bonds is 4. The summed E-state index contributed by atoms with van der Waals surface area (Å²) in [5.74, 6) is 0.106. The Labute approximate surface area is 79.1 Å². The van der Waals surface area contributed by atoms with E-state index in [0.29, 0.717) is 5.75 Å². The Bertz CT molecular complexity index is 248. The number of carbonyl (C=O) groups is 1. The lowest BCUT2D eigenvalue weighted by atomic mass is 10.3. The van der Waals surface area contributed by atoms with E-state index in [1.807, 2.05) is 17.5 Å². The van der Waals surface area contributed by atoms with Crippen LogP contribution in [-0.4, -0.2) is 17.7 Å². The smallest absolute Gasteiger partial charge is 0.235 e. The van der Waals surface area contributed by atoms with Crippen molar-refractivity contribution >= 4 is 29.0 Å². The number of hydrogen-bond acceptors (Lipinski definition) is 4. The van der Waals surface area contributed by atoms with Gasteiger partial charge in [-0.25, -0.2) is 0 Å². The summed E-state index contributed by atoms with van der Waals surface area (Å²) >= 11 is 3.19. The third kappa shape index (κ3) is 2.84. The number of carbonyl (C=O) groups excluding carboxylic acids is 1. The predicted octanol–water partition coefficient (Wildman–Crippen LogP) is 0.653. The number of amides is 1. The average Bonchev–Trinajstić information content (AvgIpc) is 2.51. The second-order valence-corrected chi connectivity index (χ2v) is 4.52. The highest BCUT2D eigenvalue weighted by Crippen LogP contribution is 2.23. The quantitative estimate of drug-likeness (QED) is 0.704. The Hall–Kier alpha value is -0.520. The molecule has 1 amide bonds. The molecule has 1 rings (SSSR count). The Morgan fingerprint density at radius 2 is 2.50 bits per heavy atom. The van der Waals surface area contributed by atoms with Crippen LogP contribution in [0.1, 0.15) is 0 Å². The molecule has 1 atom stereocenters. The van der Waals surface area contributed by atoms with Gasteiger partial charge in [-0.3, -0.25) is 4.79 Å². The molecule has 0 bridgehead atoms. The Morgan fingerprint density at radius 3 is 3.00 bits per heavy atom. The SMILES string of the molecule is NC(=O)C(N)CSc1cccs1. The Morgan fingerprint density at radius 1 is 1.75 bits per heavy atom.